The molecule has 0 saturated carbocycles. The molecule has 6 heteroatoms. The van der Waals surface area contributed by atoms with Gasteiger partial charge in [0.1, 0.15) is 0 Å². The summed E-state index contributed by atoms with van der Waals surface area (Å²) in [5, 5.41) is 13.0. The number of aromatic hydroxyl groups is 1. The maximum atomic E-state index is 12.5. The zero-order chi connectivity index (χ0) is 20.1. The third-order valence-electron chi connectivity index (χ3n) is 5.26. The first-order valence-electron chi connectivity index (χ1n) is 9.57. The third kappa shape index (κ3) is 5.26. The summed E-state index contributed by atoms with van der Waals surface area (Å²) in [7, 11) is 1.55. The van der Waals surface area contributed by atoms with Crippen LogP contribution < -0.4 is 10.1 Å². The Morgan fingerprint density at radius 3 is 2.54 bits per heavy atom. The minimum Gasteiger partial charge on any atom is -0.503 e. The number of rotatable bonds is 6. The second-order valence-electron chi connectivity index (χ2n) is 7.38. The second kappa shape index (κ2) is 9.43. The molecule has 1 amide bonds. The predicted molar refractivity (Wildman–Crippen MR) is 113 cm³/mol. The van der Waals surface area contributed by atoms with Gasteiger partial charge in [-0.1, -0.05) is 29.8 Å². The topological polar surface area (TPSA) is 61.8 Å². The largest absolute Gasteiger partial charge is 0.503 e. The molecule has 1 fully saturated rings. The van der Waals surface area contributed by atoms with E-state index in [1.165, 1.54) is 5.56 Å². The number of phenolic OH excluding ortho intramolecular Hbond substituents is 1. The first-order chi connectivity index (χ1) is 13.5. The van der Waals surface area contributed by atoms with Crippen LogP contribution in [0.4, 0.5) is 0 Å². The van der Waals surface area contributed by atoms with Crippen molar-refractivity contribution in [3.05, 3.63) is 57.6 Å². The van der Waals surface area contributed by atoms with Crippen LogP contribution in [0, 0.1) is 12.8 Å². The Hall–Kier alpha value is -2.05. The number of carbonyl (C=O) groups is 1. The molecular formula is C22H27BrN2O3. The minimum atomic E-state index is 0.0720. The van der Waals surface area contributed by atoms with E-state index < -0.39 is 0 Å². The highest BCUT2D eigenvalue weighted by Crippen LogP contribution is 2.35. The van der Waals surface area contributed by atoms with E-state index in [2.05, 4.69) is 57.3 Å². The number of phenols is 1. The van der Waals surface area contributed by atoms with Gasteiger partial charge in [0.05, 0.1) is 11.6 Å². The van der Waals surface area contributed by atoms with Crippen molar-refractivity contribution in [2.45, 2.75) is 32.9 Å². The highest BCUT2D eigenvalue weighted by molar-refractivity contribution is 9.10. The summed E-state index contributed by atoms with van der Waals surface area (Å²) in [5.74, 6) is 0.807. The van der Waals surface area contributed by atoms with Gasteiger partial charge >= 0.3 is 0 Å². The SMILES string of the molecule is COc1cc(CN2CCC(C(=O)NCc3ccc(C)cc3)CC2)cc(Br)c1O. The molecule has 5 nitrogen and oxygen atoms in total. The molecule has 150 valence electrons. The Morgan fingerprint density at radius 1 is 1.21 bits per heavy atom. The van der Waals surface area contributed by atoms with Crippen LogP contribution in [-0.2, 0) is 17.9 Å². The number of likely N-dealkylation sites (tertiary alicyclic amines) is 1. The molecule has 1 saturated heterocycles. The van der Waals surface area contributed by atoms with Gasteiger partial charge in [-0.15, -0.1) is 0 Å². The lowest BCUT2D eigenvalue weighted by molar-refractivity contribution is -0.126. The predicted octanol–water partition coefficient (Wildman–Crippen LogP) is 4.00. The maximum Gasteiger partial charge on any atom is 0.223 e. The maximum absolute atomic E-state index is 12.5. The monoisotopic (exact) mass is 446 g/mol. The van der Waals surface area contributed by atoms with Crippen LogP contribution in [0.2, 0.25) is 0 Å². The summed E-state index contributed by atoms with van der Waals surface area (Å²) in [6.07, 6.45) is 1.71. The highest BCUT2D eigenvalue weighted by atomic mass is 79.9. The highest BCUT2D eigenvalue weighted by Gasteiger charge is 2.25. The third-order valence-corrected chi connectivity index (χ3v) is 5.86. The molecule has 0 radical (unpaired) electrons. The van der Waals surface area contributed by atoms with E-state index >= 15 is 0 Å². The Kier molecular flexibility index (Phi) is 6.97. The number of nitrogens with one attached hydrogen (secondary N) is 1. The molecule has 2 aromatic carbocycles. The van der Waals surface area contributed by atoms with Crippen LogP contribution in [0.1, 0.15) is 29.5 Å². The standard InChI is InChI=1S/C22H27BrN2O3/c1-15-3-5-16(6-4-15)13-24-22(27)18-7-9-25(10-8-18)14-17-11-19(23)21(26)20(12-17)28-2/h3-6,11-12,18,26H,7-10,13-14H2,1-2H3,(H,24,27). The van der Waals surface area contributed by atoms with Gasteiger partial charge in [0.15, 0.2) is 11.5 Å². The molecule has 3 rings (SSSR count). The number of halogens is 1. The number of hydrogen-bond acceptors (Lipinski definition) is 4. The van der Waals surface area contributed by atoms with E-state index in [9.17, 15) is 9.90 Å². The van der Waals surface area contributed by atoms with Crippen molar-refractivity contribution in [3.8, 4) is 11.5 Å². The summed E-state index contributed by atoms with van der Waals surface area (Å²) in [4.78, 5) is 14.8. The Bertz CT molecular complexity index is 815. The minimum absolute atomic E-state index is 0.0720. The van der Waals surface area contributed by atoms with Gasteiger partial charge in [-0.2, -0.15) is 0 Å². The van der Waals surface area contributed by atoms with Crippen molar-refractivity contribution < 1.29 is 14.6 Å². The van der Waals surface area contributed by atoms with Crippen LogP contribution in [0.15, 0.2) is 40.9 Å². The second-order valence-corrected chi connectivity index (χ2v) is 8.24. The number of methoxy groups -OCH3 is 1. The van der Waals surface area contributed by atoms with Crippen LogP contribution in [-0.4, -0.2) is 36.1 Å². The van der Waals surface area contributed by atoms with Crippen molar-refractivity contribution in [1.29, 1.82) is 0 Å². The first-order valence-corrected chi connectivity index (χ1v) is 10.4. The normalized spacial score (nSPS) is 15.4. The van der Waals surface area contributed by atoms with E-state index in [4.69, 9.17) is 4.74 Å². The number of benzene rings is 2. The lowest BCUT2D eigenvalue weighted by Gasteiger charge is -2.31. The molecule has 1 aliphatic heterocycles. The summed E-state index contributed by atoms with van der Waals surface area (Å²) in [6.45, 7) is 5.17. The fourth-order valence-corrected chi connectivity index (χ4v) is 4.01. The lowest BCUT2D eigenvalue weighted by atomic mass is 9.95. The number of amides is 1. The number of nitrogens with zero attached hydrogens (tertiary/aromatic N) is 1. The molecule has 0 bridgehead atoms. The molecule has 1 aliphatic rings. The Balaban J connectivity index is 1.48. The summed E-state index contributed by atoms with van der Waals surface area (Å²) in [6, 6.07) is 12.0. The first kappa shape index (κ1) is 20.7. The number of aryl methyl sites for hydroxylation is 1. The van der Waals surface area contributed by atoms with Crippen LogP contribution >= 0.6 is 15.9 Å². The summed E-state index contributed by atoms with van der Waals surface area (Å²) >= 11 is 3.37. The molecular weight excluding hydrogens is 420 g/mol. The number of piperidine rings is 1. The van der Waals surface area contributed by atoms with Crippen molar-refractivity contribution in [2.24, 2.45) is 5.92 Å². The van der Waals surface area contributed by atoms with Crippen LogP contribution in [0.3, 0.4) is 0 Å². The van der Waals surface area contributed by atoms with Crippen molar-refractivity contribution in [1.82, 2.24) is 10.2 Å². The molecule has 0 aliphatic carbocycles. The molecule has 2 aromatic rings. The van der Waals surface area contributed by atoms with Gasteiger partial charge < -0.3 is 15.2 Å². The van der Waals surface area contributed by atoms with Gasteiger partial charge in [0, 0.05) is 19.0 Å². The molecule has 0 spiro atoms. The van der Waals surface area contributed by atoms with Crippen molar-refractivity contribution >= 4 is 21.8 Å². The molecule has 0 unspecified atom stereocenters. The Labute approximate surface area is 174 Å². The summed E-state index contributed by atoms with van der Waals surface area (Å²) in [5.41, 5.74) is 3.42. The van der Waals surface area contributed by atoms with E-state index in [1.54, 1.807) is 7.11 Å². The molecule has 1 heterocycles. The summed E-state index contributed by atoms with van der Waals surface area (Å²) < 4.78 is 5.85. The number of ether oxygens (including phenoxy) is 1. The van der Waals surface area contributed by atoms with Gasteiger partial charge in [-0.05, 0) is 72.0 Å². The van der Waals surface area contributed by atoms with E-state index in [0.717, 1.165) is 43.6 Å². The van der Waals surface area contributed by atoms with Gasteiger partial charge in [-0.3, -0.25) is 9.69 Å². The van der Waals surface area contributed by atoms with Crippen LogP contribution in [0.5, 0.6) is 11.5 Å². The van der Waals surface area contributed by atoms with E-state index in [-0.39, 0.29) is 17.6 Å². The molecule has 0 aromatic heterocycles. The van der Waals surface area contributed by atoms with Crippen LogP contribution in [0.25, 0.3) is 0 Å². The lowest BCUT2D eigenvalue weighted by Crippen LogP contribution is -2.40. The zero-order valence-corrected chi connectivity index (χ0v) is 18.0. The number of hydrogen-bond donors (Lipinski definition) is 2. The van der Waals surface area contributed by atoms with E-state index in [1.807, 2.05) is 12.1 Å². The average Bonchev–Trinajstić information content (AvgIpc) is 2.70. The Morgan fingerprint density at radius 2 is 1.89 bits per heavy atom. The molecule has 0 atom stereocenters. The smallest absolute Gasteiger partial charge is 0.223 e. The van der Waals surface area contributed by atoms with Gasteiger partial charge in [0.2, 0.25) is 5.91 Å². The number of carbonyl (C=O) groups excluding carboxylic acids is 1. The molecule has 28 heavy (non-hydrogen) atoms. The van der Waals surface area contributed by atoms with Gasteiger partial charge in [-0.25, -0.2) is 0 Å². The fraction of sp³-hybridized carbons (Fsp3) is 0.409. The molecule has 2 N–H and O–H groups in total. The van der Waals surface area contributed by atoms with Gasteiger partial charge in [0.25, 0.3) is 0 Å². The van der Waals surface area contributed by atoms with E-state index in [0.29, 0.717) is 16.8 Å². The van der Waals surface area contributed by atoms with Crippen molar-refractivity contribution in [3.63, 3.8) is 0 Å². The zero-order valence-electron chi connectivity index (χ0n) is 16.4. The fourth-order valence-electron chi connectivity index (χ4n) is 3.53. The van der Waals surface area contributed by atoms with Crippen molar-refractivity contribution in [2.75, 3.05) is 20.2 Å². The quantitative estimate of drug-likeness (QED) is 0.703. The average molecular weight is 447 g/mol.